The van der Waals surface area contributed by atoms with Crippen molar-refractivity contribution in [1.29, 1.82) is 0 Å². The minimum Gasteiger partial charge on any atom is -0.317 e. The summed E-state index contributed by atoms with van der Waals surface area (Å²) in [6.45, 7) is 17.7. The van der Waals surface area contributed by atoms with Crippen molar-refractivity contribution in [3.8, 4) is 0 Å². The molecule has 2 aliphatic rings. The maximum atomic E-state index is 3.45. The van der Waals surface area contributed by atoms with Crippen LogP contribution in [0.2, 0.25) is 0 Å². The summed E-state index contributed by atoms with van der Waals surface area (Å²) in [5.41, 5.74) is 0.560. The molecule has 0 aromatic carbocycles. The van der Waals surface area contributed by atoms with Crippen LogP contribution < -0.4 is 5.32 Å². The Kier molecular flexibility index (Phi) is 6.65. The van der Waals surface area contributed by atoms with E-state index in [-0.39, 0.29) is 0 Å². The molecule has 0 bridgehead atoms. The molecule has 0 aliphatic carbocycles. The van der Waals surface area contributed by atoms with Gasteiger partial charge < -0.3 is 10.2 Å². The number of likely N-dealkylation sites (tertiary alicyclic amines) is 1. The molecule has 1 N–H and O–H groups in total. The van der Waals surface area contributed by atoms with Gasteiger partial charge in [-0.2, -0.15) is 0 Å². The molecule has 2 nitrogen and oxygen atoms in total. The largest absolute Gasteiger partial charge is 0.317 e. The Balaban J connectivity index is 0.000000771. The van der Waals surface area contributed by atoms with Crippen LogP contribution in [0.3, 0.4) is 0 Å². The summed E-state index contributed by atoms with van der Waals surface area (Å²) in [5, 5.41) is 3.45. The first-order valence-electron chi connectivity index (χ1n) is 8.05. The highest BCUT2D eigenvalue weighted by Crippen LogP contribution is 2.37. The van der Waals surface area contributed by atoms with E-state index in [0.717, 1.165) is 11.8 Å². The number of hydrogen-bond donors (Lipinski definition) is 1. The van der Waals surface area contributed by atoms with Crippen LogP contribution in [0.15, 0.2) is 0 Å². The first kappa shape index (κ1) is 16.0. The molecule has 108 valence electrons. The molecule has 0 aromatic heterocycles. The van der Waals surface area contributed by atoms with Gasteiger partial charge in [0.1, 0.15) is 0 Å². The third-order valence-electron chi connectivity index (χ3n) is 4.95. The summed E-state index contributed by atoms with van der Waals surface area (Å²) in [6.07, 6.45) is 4.09. The molecule has 2 heteroatoms. The second kappa shape index (κ2) is 7.49. The van der Waals surface area contributed by atoms with Gasteiger partial charge in [0.05, 0.1) is 0 Å². The SMILES string of the molecule is CC.CCC(C)(C)C1CN(CC2CCNCC2)C1. The zero-order chi connectivity index (χ0) is 13.6. The van der Waals surface area contributed by atoms with E-state index in [1.54, 1.807) is 0 Å². The maximum absolute atomic E-state index is 3.45. The molecule has 0 radical (unpaired) electrons. The van der Waals surface area contributed by atoms with Crippen LogP contribution in [0.1, 0.15) is 53.9 Å². The summed E-state index contributed by atoms with van der Waals surface area (Å²) in [7, 11) is 0. The average Bonchev–Trinajstić information content (AvgIpc) is 2.37. The van der Waals surface area contributed by atoms with E-state index in [1.165, 1.54) is 52.0 Å². The Bertz CT molecular complexity index is 213. The van der Waals surface area contributed by atoms with Gasteiger partial charge in [0, 0.05) is 19.6 Å². The fourth-order valence-corrected chi connectivity index (χ4v) is 2.93. The molecule has 2 rings (SSSR count). The maximum Gasteiger partial charge on any atom is 0.00273 e. The van der Waals surface area contributed by atoms with Gasteiger partial charge in [0.25, 0.3) is 0 Å². The minimum absolute atomic E-state index is 0.560. The van der Waals surface area contributed by atoms with Crippen molar-refractivity contribution in [2.75, 3.05) is 32.7 Å². The van der Waals surface area contributed by atoms with Crippen molar-refractivity contribution in [2.45, 2.75) is 53.9 Å². The molecule has 0 aromatic rings. The van der Waals surface area contributed by atoms with Crippen LogP contribution in [-0.4, -0.2) is 37.6 Å². The molecule has 0 spiro atoms. The second-order valence-electron chi connectivity index (χ2n) is 6.45. The standard InChI is InChI=1S/C14H28N2.C2H6/c1-4-14(2,3)13-10-16(11-13)9-12-5-7-15-8-6-12;1-2/h12-13,15H,4-11H2,1-3H3;1-2H3. The third-order valence-corrected chi connectivity index (χ3v) is 4.95. The van der Waals surface area contributed by atoms with Gasteiger partial charge >= 0.3 is 0 Å². The van der Waals surface area contributed by atoms with E-state index < -0.39 is 0 Å². The normalized spacial score (nSPS) is 23.2. The number of rotatable bonds is 4. The van der Waals surface area contributed by atoms with Gasteiger partial charge in [-0.1, -0.05) is 41.0 Å². The molecule has 2 aliphatic heterocycles. The highest BCUT2D eigenvalue weighted by atomic mass is 15.2. The van der Waals surface area contributed by atoms with Crippen LogP contribution in [0, 0.1) is 17.3 Å². The van der Waals surface area contributed by atoms with Crippen molar-refractivity contribution < 1.29 is 0 Å². The lowest BCUT2D eigenvalue weighted by Gasteiger charge is -2.49. The first-order valence-corrected chi connectivity index (χ1v) is 8.05. The van der Waals surface area contributed by atoms with Crippen LogP contribution in [0.25, 0.3) is 0 Å². The number of nitrogens with zero attached hydrogens (tertiary/aromatic N) is 1. The number of hydrogen-bond acceptors (Lipinski definition) is 2. The van der Waals surface area contributed by atoms with Crippen molar-refractivity contribution in [3.63, 3.8) is 0 Å². The van der Waals surface area contributed by atoms with Crippen molar-refractivity contribution in [2.24, 2.45) is 17.3 Å². The quantitative estimate of drug-likeness (QED) is 0.827. The molecule has 0 atom stereocenters. The lowest BCUT2D eigenvalue weighted by atomic mass is 9.72. The summed E-state index contributed by atoms with van der Waals surface area (Å²) < 4.78 is 0. The fraction of sp³-hybridized carbons (Fsp3) is 1.00. The molecular formula is C16H34N2. The summed E-state index contributed by atoms with van der Waals surface area (Å²) in [5.74, 6) is 1.91. The van der Waals surface area contributed by atoms with E-state index in [1.807, 2.05) is 13.8 Å². The molecule has 2 saturated heterocycles. The van der Waals surface area contributed by atoms with E-state index in [4.69, 9.17) is 0 Å². The molecule has 0 saturated carbocycles. The molecule has 18 heavy (non-hydrogen) atoms. The highest BCUT2D eigenvalue weighted by molar-refractivity contribution is 4.90. The molecule has 0 amide bonds. The predicted octanol–water partition coefficient (Wildman–Crippen LogP) is 3.38. The second-order valence-corrected chi connectivity index (χ2v) is 6.45. The Morgan fingerprint density at radius 3 is 2.17 bits per heavy atom. The molecular weight excluding hydrogens is 220 g/mol. The average molecular weight is 254 g/mol. The molecule has 2 heterocycles. The van der Waals surface area contributed by atoms with Crippen molar-refractivity contribution in [3.05, 3.63) is 0 Å². The van der Waals surface area contributed by atoms with Gasteiger partial charge in [-0.05, 0) is 43.2 Å². The summed E-state index contributed by atoms with van der Waals surface area (Å²) in [6, 6.07) is 0. The Morgan fingerprint density at radius 1 is 1.11 bits per heavy atom. The van der Waals surface area contributed by atoms with Crippen molar-refractivity contribution in [1.82, 2.24) is 10.2 Å². The van der Waals surface area contributed by atoms with Gasteiger partial charge in [-0.3, -0.25) is 0 Å². The highest BCUT2D eigenvalue weighted by Gasteiger charge is 2.37. The predicted molar refractivity (Wildman–Crippen MR) is 80.9 cm³/mol. The van der Waals surface area contributed by atoms with Crippen LogP contribution in [0.4, 0.5) is 0 Å². The van der Waals surface area contributed by atoms with E-state index >= 15 is 0 Å². The first-order chi connectivity index (χ1) is 8.62. The lowest BCUT2D eigenvalue weighted by molar-refractivity contribution is 0.000786. The van der Waals surface area contributed by atoms with Gasteiger partial charge in [0.2, 0.25) is 0 Å². The summed E-state index contributed by atoms with van der Waals surface area (Å²) in [4.78, 5) is 2.68. The Labute approximate surface area is 115 Å². The number of piperidine rings is 1. The third kappa shape index (κ3) is 4.24. The topological polar surface area (TPSA) is 15.3 Å². The van der Waals surface area contributed by atoms with Crippen LogP contribution in [-0.2, 0) is 0 Å². The van der Waals surface area contributed by atoms with Crippen LogP contribution >= 0.6 is 0 Å². The zero-order valence-electron chi connectivity index (χ0n) is 13.3. The monoisotopic (exact) mass is 254 g/mol. The zero-order valence-corrected chi connectivity index (χ0v) is 13.3. The van der Waals surface area contributed by atoms with E-state index in [2.05, 4.69) is 31.0 Å². The van der Waals surface area contributed by atoms with E-state index in [9.17, 15) is 0 Å². The van der Waals surface area contributed by atoms with Gasteiger partial charge in [-0.25, -0.2) is 0 Å². The van der Waals surface area contributed by atoms with Gasteiger partial charge in [0.15, 0.2) is 0 Å². The van der Waals surface area contributed by atoms with Crippen LogP contribution in [0.5, 0.6) is 0 Å². The molecule has 2 fully saturated rings. The lowest BCUT2D eigenvalue weighted by Crippen LogP contribution is -2.54. The van der Waals surface area contributed by atoms with E-state index in [0.29, 0.717) is 5.41 Å². The minimum atomic E-state index is 0.560. The Morgan fingerprint density at radius 2 is 1.67 bits per heavy atom. The number of nitrogens with one attached hydrogen (secondary N) is 1. The fourth-order valence-electron chi connectivity index (χ4n) is 2.93. The molecule has 0 unspecified atom stereocenters. The van der Waals surface area contributed by atoms with Gasteiger partial charge in [-0.15, -0.1) is 0 Å². The van der Waals surface area contributed by atoms with Crippen molar-refractivity contribution >= 4 is 0 Å². The summed E-state index contributed by atoms with van der Waals surface area (Å²) >= 11 is 0. The smallest absolute Gasteiger partial charge is 0.00273 e. The Hall–Kier alpha value is -0.0800.